The molecule has 0 aliphatic heterocycles. The van der Waals surface area contributed by atoms with Crippen molar-refractivity contribution in [1.82, 2.24) is 24.4 Å². The number of halogens is 1. The van der Waals surface area contributed by atoms with Crippen molar-refractivity contribution in [2.45, 2.75) is 6.54 Å². The fourth-order valence-corrected chi connectivity index (χ4v) is 3.00. The summed E-state index contributed by atoms with van der Waals surface area (Å²) in [6, 6.07) is 13.4. The van der Waals surface area contributed by atoms with Crippen LogP contribution in [0.2, 0.25) is 0 Å². The molecule has 0 fully saturated rings. The van der Waals surface area contributed by atoms with E-state index in [4.69, 9.17) is 0 Å². The lowest BCUT2D eigenvalue weighted by Crippen LogP contribution is -2.23. The molecule has 0 spiro atoms. The van der Waals surface area contributed by atoms with Crippen LogP contribution in [0.15, 0.2) is 52.0 Å². The van der Waals surface area contributed by atoms with Crippen molar-refractivity contribution in [3.8, 4) is 0 Å². The van der Waals surface area contributed by atoms with Gasteiger partial charge in [-0.05, 0) is 45.6 Å². The number of pyridine rings is 1. The molecule has 8 heteroatoms. The molecule has 1 N–H and O–H groups in total. The number of para-hydroxylation sites is 1. The second-order valence-corrected chi connectivity index (χ2v) is 6.11. The minimum Gasteiger partial charge on any atom is -0.364 e. The zero-order valence-electron chi connectivity index (χ0n) is 12.8. The summed E-state index contributed by atoms with van der Waals surface area (Å²) in [5.41, 5.74) is 2.22. The standard InChI is InChI=1S/C16H13BrN6O/c1-22-12-5-3-2-4-10(12)8-11(15(22)24)9-18-13-6-7-14-19-20-16(17)23(14)21-13/h2-8H,9H2,1H3,(H,18,21). The molecule has 0 unspecified atom stereocenters. The minimum absolute atomic E-state index is 0.0206. The first kappa shape index (κ1) is 14.8. The van der Waals surface area contributed by atoms with Gasteiger partial charge in [0, 0.05) is 19.2 Å². The van der Waals surface area contributed by atoms with E-state index in [-0.39, 0.29) is 5.56 Å². The second-order valence-electron chi connectivity index (χ2n) is 5.40. The lowest BCUT2D eigenvalue weighted by atomic mass is 10.1. The zero-order chi connectivity index (χ0) is 16.7. The van der Waals surface area contributed by atoms with E-state index in [1.54, 1.807) is 16.1 Å². The van der Waals surface area contributed by atoms with Crippen molar-refractivity contribution in [1.29, 1.82) is 0 Å². The molecule has 4 rings (SSSR count). The maximum Gasteiger partial charge on any atom is 0.255 e. The highest BCUT2D eigenvalue weighted by atomic mass is 79.9. The van der Waals surface area contributed by atoms with Gasteiger partial charge < -0.3 is 9.88 Å². The molecule has 0 bridgehead atoms. The Hall–Kier alpha value is -2.74. The largest absolute Gasteiger partial charge is 0.364 e. The molecule has 0 aliphatic rings. The van der Waals surface area contributed by atoms with Crippen LogP contribution < -0.4 is 10.9 Å². The second kappa shape index (κ2) is 5.72. The summed E-state index contributed by atoms with van der Waals surface area (Å²) < 4.78 is 3.78. The molecule has 0 aliphatic carbocycles. The third kappa shape index (κ3) is 2.44. The van der Waals surface area contributed by atoms with E-state index in [0.29, 0.717) is 28.3 Å². The van der Waals surface area contributed by atoms with Crippen LogP contribution in [-0.2, 0) is 13.6 Å². The smallest absolute Gasteiger partial charge is 0.255 e. The SMILES string of the molecule is Cn1c(=O)c(CNc2ccc3nnc(Br)n3n2)cc2ccccc21. The van der Waals surface area contributed by atoms with Crippen molar-refractivity contribution in [2.75, 3.05) is 5.32 Å². The Kier molecular flexibility index (Phi) is 3.53. The molecule has 0 atom stereocenters. The molecule has 3 aromatic heterocycles. The van der Waals surface area contributed by atoms with Gasteiger partial charge in [-0.15, -0.1) is 15.3 Å². The molecule has 0 saturated carbocycles. The van der Waals surface area contributed by atoms with Crippen molar-refractivity contribution in [2.24, 2.45) is 7.05 Å². The first-order valence-corrected chi connectivity index (χ1v) is 8.12. The minimum atomic E-state index is -0.0206. The summed E-state index contributed by atoms with van der Waals surface area (Å²) in [5, 5.41) is 16.5. The summed E-state index contributed by atoms with van der Waals surface area (Å²) in [6.45, 7) is 0.385. The molecule has 3 heterocycles. The first-order chi connectivity index (χ1) is 11.6. The fraction of sp³-hybridized carbons (Fsp3) is 0.125. The van der Waals surface area contributed by atoms with Crippen LogP contribution in [0.4, 0.5) is 5.82 Å². The van der Waals surface area contributed by atoms with Crippen LogP contribution in [0.25, 0.3) is 16.6 Å². The number of fused-ring (bicyclic) bond motifs is 2. The summed E-state index contributed by atoms with van der Waals surface area (Å²) in [4.78, 5) is 12.5. The van der Waals surface area contributed by atoms with Gasteiger partial charge in [0.1, 0.15) is 5.82 Å². The van der Waals surface area contributed by atoms with Crippen molar-refractivity contribution in [3.63, 3.8) is 0 Å². The van der Waals surface area contributed by atoms with Gasteiger partial charge >= 0.3 is 0 Å². The predicted molar refractivity (Wildman–Crippen MR) is 95.0 cm³/mol. The van der Waals surface area contributed by atoms with Gasteiger partial charge in [-0.2, -0.15) is 4.52 Å². The van der Waals surface area contributed by atoms with Crippen molar-refractivity contribution < 1.29 is 0 Å². The van der Waals surface area contributed by atoms with Crippen LogP contribution in [0.5, 0.6) is 0 Å². The summed E-state index contributed by atoms with van der Waals surface area (Å²) in [6.07, 6.45) is 0. The predicted octanol–water partition coefficient (Wildman–Crippen LogP) is 2.35. The van der Waals surface area contributed by atoms with E-state index >= 15 is 0 Å². The molecule has 0 radical (unpaired) electrons. The van der Waals surface area contributed by atoms with Crippen molar-refractivity contribution >= 4 is 38.3 Å². The lowest BCUT2D eigenvalue weighted by molar-refractivity contribution is 0.866. The lowest BCUT2D eigenvalue weighted by Gasteiger charge is -2.10. The van der Waals surface area contributed by atoms with Gasteiger partial charge in [0.25, 0.3) is 5.56 Å². The van der Waals surface area contributed by atoms with Gasteiger partial charge in [-0.3, -0.25) is 4.79 Å². The van der Waals surface area contributed by atoms with Crippen LogP contribution in [0.1, 0.15) is 5.56 Å². The van der Waals surface area contributed by atoms with E-state index in [1.165, 1.54) is 0 Å². The Balaban J connectivity index is 1.67. The maximum atomic E-state index is 12.5. The molecule has 0 saturated heterocycles. The first-order valence-electron chi connectivity index (χ1n) is 7.33. The van der Waals surface area contributed by atoms with Gasteiger partial charge in [-0.25, -0.2) is 0 Å². The Bertz CT molecular complexity index is 1120. The topological polar surface area (TPSA) is 77.1 Å². The van der Waals surface area contributed by atoms with E-state index in [1.807, 2.05) is 42.5 Å². The van der Waals surface area contributed by atoms with E-state index < -0.39 is 0 Å². The van der Waals surface area contributed by atoms with Crippen LogP contribution in [0.3, 0.4) is 0 Å². The van der Waals surface area contributed by atoms with Crippen LogP contribution in [0, 0.1) is 0 Å². The van der Waals surface area contributed by atoms with E-state index in [0.717, 1.165) is 10.9 Å². The number of nitrogens with one attached hydrogen (secondary N) is 1. The van der Waals surface area contributed by atoms with Gasteiger partial charge in [-0.1, -0.05) is 18.2 Å². The third-order valence-electron chi connectivity index (χ3n) is 3.89. The number of anilines is 1. The van der Waals surface area contributed by atoms with Crippen LogP contribution in [-0.4, -0.2) is 24.4 Å². The number of hydrogen-bond acceptors (Lipinski definition) is 5. The number of rotatable bonds is 3. The Morgan fingerprint density at radius 1 is 1.17 bits per heavy atom. The highest BCUT2D eigenvalue weighted by Gasteiger charge is 2.08. The zero-order valence-corrected chi connectivity index (χ0v) is 14.4. The van der Waals surface area contributed by atoms with Gasteiger partial charge in [0.2, 0.25) is 4.73 Å². The average molecular weight is 385 g/mol. The van der Waals surface area contributed by atoms with Gasteiger partial charge in [0.15, 0.2) is 5.65 Å². The normalized spacial score (nSPS) is 11.2. The number of nitrogens with zero attached hydrogens (tertiary/aromatic N) is 5. The number of aryl methyl sites for hydroxylation is 1. The number of benzene rings is 1. The van der Waals surface area contributed by atoms with E-state index in [9.17, 15) is 4.79 Å². The summed E-state index contributed by atoms with van der Waals surface area (Å²) in [5.74, 6) is 0.637. The summed E-state index contributed by atoms with van der Waals surface area (Å²) >= 11 is 3.29. The molecule has 7 nitrogen and oxygen atoms in total. The van der Waals surface area contributed by atoms with Gasteiger partial charge in [0.05, 0.1) is 5.52 Å². The highest BCUT2D eigenvalue weighted by molar-refractivity contribution is 9.10. The highest BCUT2D eigenvalue weighted by Crippen LogP contribution is 2.14. The fourth-order valence-electron chi connectivity index (χ4n) is 2.66. The Morgan fingerprint density at radius 3 is 2.88 bits per heavy atom. The molecule has 4 aromatic rings. The Labute approximate surface area is 145 Å². The van der Waals surface area contributed by atoms with Crippen molar-refractivity contribution in [3.05, 3.63) is 63.1 Å². The molecule has 1 aromatic carbocycles. The van der Waals surface area contributed by atoms with E-state index in [2.05, 4.69) is 36.5 Å². The molecule has 0 amide bonds. The molecular formula is C16H13BrN6O. The third-order valence-corrected chi connectivity index (χ3v) is 4.39. The number of aromatic nitrogens is 5. The molecule has 24 heavy (non-hydrogen) atoms. The summed E-state index contributed by atoms with van der Waals surface area (Å²) in [7, 11) is 1.78. The molecular weight excluding hydrogens is 372 g/mol. The quantitative estimate of drug-likeness (QED) is 0.586. The molecule has 120 valence electrons. The number of hydrogen-bond donors (Lipinski definition) is 1. The Morgan fingerprint density at radius 2 is 2.00 bits per heavy atom. The average Bonchev–Trinajstić information content (AvgIpc) is 2.97. The maximum absolute atomic E-state index is 12.5. The van der Waals surface area contributed by atoms with Crippen LogP contribution >= 0.6 is 15.9 Å². The monoisotopic (exact) mass is 384 g/mol.